The average molecular weight is 326 g/mol. The van der Waals surface area contributed by atoms with E-state index in [2.05, 4.69) is 6.58 Å². The van der Waals surface area contributed by atoms with Gasteiger partial charge in [-0.15, -0.1) is 0 Å². The van der Waals surface area contributed by atoms with E-state index in [-0.39, 0.29) is 18.8 Å². The van der Waals surface area contributed by atoms with Gasteiger partial charge in [-0.1, -0.05) is 49.0 Å². The van der Waals surface area contributed by atoms with Gasteiger partial charge in [-0.3, -0.25) is 0 Å². The summed E-state index contributed by atoms with van der Waals surface area (Å²) < 4.78 is 14.7. The maximum Gasteiger partial charge on any atom is 0.513 e. The molecule has 0 saturated carbocycles. The highest BCUT2D eigenvalue weighted by Crippen LogP contribution is 2.22. The van der Waals surface area contributed by atoms with Crippen molar-refractivity contribution in [3.8, 4) is 16.9 Å². The first-order valence-electron chi connectivity index (χ1n) is 7.39. The van der Waals surface area contributed by atoms with Crippen molar-refractivity contribution in [3.63, 3.8) is 0 Å². The molecule has 0 N–H and O–H groups in total. The SMILES string of the molecule is C=C(C)C(=O)OCCOC(=O)Oc1ccc(-c2ccccc2)cc1. The van der Waals surface area contributed by atoms with Gasteiger partial charge >= 0.3 is 12.1 Å². The van der Waals surface area contributed by atoms with E-state index in [0.29, 0.717) is 5.75 Å². The summed E-state index contributed by atoms with van der Waals surface area (Å²) in [7, 11) is 0. The normalized spacial score (nSPS) is 9.88. The highest BCUT2D eigenvalue weighted by Gasteiger charge is 2.08. The molecule has 5 heteroatoms. The van der Waals surface area contributed by atoms with Crippen molar-refractivity contribution in [1.29, 1.82) is 0 Å². The van der Waals surface area contributed by atoms with E-state index in [9.17, 15) is 9.59 Å². The third-order valence-corrected chi connectivity index (χ3v) is 3.05. The van der Waals surface area contributed by atoms with Crippen LogP contribution in [0.3, 0.4) is 0 Å². The van der Waals surface area contributed by atoms with Crippen LogP contribution in [0.1, 0.15) is 6.92 Å². The Labute approximate surface area is 140 Å². The van der Waals surface area contributed by atoms with Gasteiger partial charge in [-0.25, -0.2) is 9.59 Å². The van der Waals surface area contributed by atoms with E-state index in [1.54, 1.807) is 12.1 Å². The van der Waals surface area contributed by atoms with Gasteiger partial charge in [0.15, 0.2) is 0 Å². The number of esters is 1. The molecule has 0 aliphatic heterocycles. The van der Waals surface area contributed by atoms with E-state index in [0.717, 1.165) is 11.1 Å². The van der Waals surface area contributed by atoms with Crippen molar-refractivity contribution in [2.45, 2.75) is 6.92 Å². The fraction of sp³-hybridized carbons (Fsp3) is 0.158. The van der Waals surface area contributed by atoms with Crippen LogP contribution in [0.4, 0.5) is 4.79 Å². The summed E-state index contributed by atoms with van der Waals surface area (Å²) in [6.07, 6.45) is -0.853. The molecule has 0 saturated heterocycles. The summed E-state index contributed by atoms with van der Waals surface area (Å²) in [6.45, 7) is 4.85. The van der Waals surface area contributed by atoms with Gasteiger partial charge in [-0.2, -0.15) is 0 Å². The zero-order chi connectivity index (χ0) is 17.4. The molecule has 5 nitrogen and oxygen atoms in total. The van der Waals surface area contributed by atoms with E-state index in [1.165, 1.54) is 6.92 Å². The maximum atomic E-state index is 11.5. The van der Waals surface area contributed by atoms with Gasteiger partial charge in [0.1, 0.15) is 19.0 Å². The Morgan fingerprint density at radius 1 is 0.875 bits per heavy atom. The number of hydrogen-bond donors (Lipinski definition) is 0. The third-order valence-electron chi connectivity index (χ3n) is 3.05. The van der Waals surface area contributed by atoms with Gasteiger partial charge in [0, 0.05) is 5.57 Å². The van der Waals surface area contributed by atoms with Crippen molar-refractivity contribution in [2.75, 3.05) is 13.2 Å². The Balaban J connectivity index is 1.78. The fourth-order valence-electron chi connectivity index (χ4n) is 1.85. The second kappa shape index (κ2) is 8.53. The quantitative estimate of drug-likeness (QED) is 0.348. The number of carbonyl (C=O) groups is 2. The van der Waals surface area contributed by atoms with Crippen molar-refractivity contribution in [2.24, 2.45) is 0 Å². The second-order valence-corrected chi connectivity index (χ2v) is 5.01. The standard InChI is InChI=1S/C19H18O5/c1-14(2)18(20)22-12-13-23-19(21)24-17-10-8-16(9-11-17)15-6-4-3-5-7-15/h3-11H,1,12-13H2,2H3. The van der Waals surface area contributed by atoms with E-state index < -0.39 is 12.1 Å². The Bertz CT molecular complexity index is 704. The van der Waals surface area contributed by atoms with Crippen LogP contribution in [-0.2, 0) is 14.3 Å². The Morgan fingerprint density at radius 3 is 2.08 bits per heavy atom. The molecule has 0 atom stereocenters. The molecule has 0 aliphatic rings. The van der Waals surface area contributed by atoms with Crippen molar-refractivity contribution >= 4 is 12.1 Å². The lowest BCUT2D eigenvalue weighted by atomic mass is 10.1. The predicted octanol–water partition coefficient (Wildman–Crippen LogP) is 3.99. The van der Waals surface area contributed by atoms with Crippen molar-refractivity contribution in [1.82, 2.24) is 0 Å². The Morgan fingerprint density at radius 2 is 1.46 bits per heavy atom. The number of benzene rings is 2. The second-order valence-electron chi connectivity index (χ2n) is 5.01. The molecular weight excluding hydrogens is 308 g/mol. The molecule has 2 aromatic rings. The Hall–Kier alpha value is -3.08. The van der Waals surface area contributed by atoms with Crippen LogP contribution in [0.15, 0.2) is 66.7 Å². The lowest BCUT2D eigenvalue weighted by Gasteiger charge is -2.07. The van der Waals surface area contributed by atoms with Crippen LogP contribution in [-0.4, -0.2) is 25.3 Å². The fourth-order valence-corrected chi connectivity index (χ4v) is 1.85. The molecular formula is C19H18O5. The van der Waals surface area contributed by atoms with Crippen LogP contribution < -0.4 is 4.74 Å². The molecule has 24 heavy (non-hydrogen) atoms. The third kappa shape index (κ3) is 5.28. The minimum atomic E-state index is -0.853. The largest absolute Gasteiger partial charge is 0.513 e. The van der Waals surface area contributed by atoms with Crippen molar-refractivity contribution in [3.05, 3.63) is 66.7 Å². The molecule has 0 heterocycles. The molecule has 2 aromatic carbocycles. The summed E-state index contributed by atoms with van der Waals surface area (Å²) in [5.41, 5.74) is 2.38. The minimum Gasteiger partial charge on any atom is -0.459 e. The van der Waals surface area contributed by atoms with Gasteiger partial charge in [-0.05, 0) is 30.2 Å². The summed E-state index contributed by atoms with van der Waals surface area (Å²) in [4.78, 5) is 22.7. The van der Waals surface area contributed by atoms with E-state index >= 15 is 0 Å². The summed E-state index contributed by atoms with van der Waals surface area (Å²) in [5, 5.41) is 0. The zero-order valence-corrected chi connectivity index (χ0v) is 13.4. The summed E-state index contributed by atoms with van der Waals surface area (Å²) >= 11 is 0. The van der Waals surface area contributed by atoms with Crippen LogP contribution >= 0.6 is 0 Å². The van der Waals surface area contributed by atoms with Crippen LogP contribution in [0.2, 0.25) is 0 Å². The smallest absolute Gasteiger partial charge is 0.459 e. The Kier molecular flexibility index (Phi) is 6.14. The molecule has 0 aromatic heterocycles. The highest BCUT2D eigenvalue weighted by molar-refractivity contribution is 5.86. The molecule has 0 amide bonds. The van der Waals surface area contributed by atoms with Crippen LogP contribution in [0.5, 0.6) is 5.75 Å². The first-order valence-corrected chi connectivity index (χ1v) is 7.39. The molecule has 0 bridgehead atoms. The van der Waals surface area contributed by atoms with Crippen LogP contribution in [0.25, 0.3) is 11.1 Å². The topological polar surface area (TPSA) is 61.8 Å². The van der Waals surface area contributed by atoms with Gasteiger partial charge < -0.3 is 14.2 Å². The molecule has 124 valence electrons. The van der Waals surface area contributed by atoms with Gasteiger partial charge in [0.25, 0.3) is 0 Å². The number of hydrogen-bond acceptors (Lipinski definition) is 5. The lowest BCUT2D eigenvalue weighted by molar-refractivity contribution is -0.140. The molecule has 0 unspecified atom stereocenters. The van der Waals surface area contributed by atoms with Crippen LogP contribution in [0, 0.1) is 0 Å². The first kappa shape index (κ1) is 17.3. The van der Waals surface area contributed by atoms with E-state index in [1.807, 2.05) is 42.5 Å². The predicted molar refractivity (Wildman–Crippen MR) is 89.6 cm³/mol. The molecule has 0 radical (unpaired) electrons. The monoisotopic (exact) mass is 326 g/mol. The first-order chi connectivity index (χ1) is 11.6. The summed E-state index contributed by atoms with van der Waals surface area (Å²) in [5.74, 6) is -0.151. The molecule has 0 aliphatic carbocycles. The maximum absolute atomic E-state index is 11.5. The molecule has 0 fully saturated rings. The van der Waals surface area contributed by atoms with E-state index in [4.69, 9.17) is 14.2 Å². The number of carbonyl (C=O) groups excluding carboxylic acids is 2. The summed E-state index contributed by atoms with van der Waals surface area (Å²) in [6, 6.07) is 16.9. The molecule has 2 rings (SSSR count). The number of ether oxygens (including phenoxy) is 3. The molecule has 0 spiro atoms. The average Bonchev–Trinajstić information content (AvgIpc) is 2.60. The minimum absolute atomic E-state index is 0.0479. The lowest BCUT2D eigenvalue weighted by Crippen LogP contribution is -2.16. The zero-order valence-electron chi connectivity index (χ0n) is 13.4. The van der Waals surface area contributed by atoms with Gasteiger partial charge in [0.05, 0.1) is 0 Å². The number of rotatable bonds is 6. The van der Waals surface area contributed by atoms with Gasteiger partial charge in [0.2, 0.25) is 0 Å². The van der Waals surface area contributed by atoms with Crippen molar-refractivity contribution < 1.29 is 23.8 Å². The highest BCUT2D eigenvalue weighted by atomic mass is 16.7.